The minimum atomic E-state index is -0.788. The van der Waals surface area contributed by atoms with Crippen LogP contribution in [0.3, 0.4) is 0 Å². The third kappa shape index (κ3) is 4.81. The van der Waals surface area contributed by atoms with E-state index in [1.807, 2.05) is 0 Å². The number of nitro benzene ring substituents is 1. The van der Waals surface area contributed by atoms with Crippen LogP contribution in [-0.4, -0.2) is 40.9 Å². The third-order valence-corrected chi connectivity index (χ3v) is 4.41. The standard InChI is InChI=1S/C19H20N4O5/c24-18(19(25)22-10-3-1-2-4-11-22)21-20-13-16-8-9-17(28-16)14-6-5-7-15(12-14)23(26)27/h5-9,12-13H,1-4,10-11H2,(H,21,24). The number of likely N-dealkylation sites (tertiary alicyclic amines) is 1. The lowest BCUT2D eigenvalue weighted by Crippen LogP contribution is -2.41. The molecular formula is C19H20N4O5. The van der Waals surface area contributed by atoms with Gasteiger partial charge in [-0.1, -0.05) is 25.0 Å². The Kier molecular flexibility index (Phi) is 6.15. The number of non-ortho nitro benzene ring substituents is 1. The van der Waals surface area contributed by atoms with E-state index in [9.17, 15) is 19.7 Å². The van der Waals surface area contributed by atoms with Crippen LogP contribution in [0, 0.1) is 10.1 Å². The number of hydrazone groups is 1. The zero-order chi connectivity index (χ0) is 19.9. The molecule has 0 spiro atoms. The normalized spacial score (nSPS) is 14.6. The molecule has 2 amide bonds. The fourth-order valence-corrected chi connectivity index (χ4v) is 2.97. The molecule has 1 N–H and O–H groups in total. The van der Waals surface area contributed by atoms with Crippen molar-refractivity contribution in [1.29, 1.82) is 0 Å². The molecule has 1 saturated heterocycles. The SMILES string of the molecule is O=C(NN=Cc1ccc(-c2cccc([N+](=O)[O-])c2)o1)C(=O)N1CCCCCC1. The predicted molar refractivity (Wildman–Crippen MR) is 102 cm³/mol. The van der Waals surface area contributed by atoms with E-state index in [0.717, 1.165) is 25.7 Å². The molecular weight excluding hydrogens is 364 g/mol. The Hall–Kier alpha value is -3.49. The molecule has 2 heterocycles. The minimum Gasteiger partial charge on any atom is -0.455 e. The number of benzene rings is 1. The van der Waals surface area contributed by atoms with Crippen molar-refractivity contribution in [3.05, 3.63) is 52.3 Å². The highest BCUT2D eigenvalue weighted by Crippen LogP contribution is 2.25. The Bertz CT molecular complexity index is 897. The monoisotopic (exact) mass is 384 g/mol. The van der Waals surface area contributed by atoms with Crippen LogP contribution in [-0.2, 0) is 9.59 Å². The number of rotatable bonds is 4. The number of nitro groups is 1. The van der Waals surface area contributed by atoms with Crippen LogP contribution in [0.1, 0.15) is 31.4 Å². The molecule has 9 nitrogen and oxygen atoms in total. The quantitative estimate of drug-likeness (QED) is 0.376. The van der Waals surface area contributed by atoms with Gasteiger partial charge in [0.15, 0.2) is 0 Å². The number of hydrogen-bond acceptors (Lipinski definition) is 6. The first-order valence-corrected chi connectivity index (χ1v) is 9.01. The summed E-state index contributed by atoms with van der Waals surface area (Å²) < 4.78 is 5.56. The summed E-state index contributed by atoms with van der Waals surface area (Å²) in [6, 6.07) is 9.31. The highest BCUT2D eigenvalue weighted by atomic mass is 16.6. The lowest BCUT2D eigenvalue weighted by atomic mass is 10.1. The van der Waals surface area contributed by atoms with Gasteiger partial charge in [-0.3, -0.25) is 19.7 Å². The second-order valence-corrected chi connectivity index (χ2v) is 6.41. The highest BCUT2D eigenvalue weighted by Gasteiger charge is 2.22. The van der Waals surface area contributed by atoms with Crippen molar-refractivity contribution in [2.45, 2.75) is 25.7 Å². The molecule has 2 aromatic rings. The summed E-state index contributed by atoms with van der Waals surface area (Å²) >= 11 is 0. The first-order chi connectivity index (χ1) is 13.5. The highest BCUT2D eigenvalue weighted by molar-refractivity contribution is 6.35. The molecule has 1 aromatic carbocycles. The molecule has 1 aliphatic rings. The minimum absolute atomic E-state index is 0.0385. The Morgan fingerprint density at radius 3 is 2.61 bits per heavy atom. The number of carbonyl (C=O) groups excluding carboxylic acids is 2. The number of amides is 2. The van der Waals surface area contributed by atoms with E-state index in [0.29, 0.717) is 30.2 Å². The summed E-state index contributed by atoms with van der Waals surface area (Å²) in [7, 11) is 0. The number of furan rings is 1. The molecule has 9 heteroatoms. The van der Waals surface area contributed by atoms with Gasteiger partial charge < -0.3 is 9.32 Å². The van der Waals surface area contributed by atoms with E-state index >= 15 is 0 Å². The fourth-order valence-electron chi connectivity index (χ4n) is 2.97. The van der Waals surface area contributed by atoms with E-state index in [-0.39, 0.29) is 5.69 Å². The lowest BCUT2D eigenvalue weighted by Gasteiger charge is -2.18. The van der Waals surface area contributed by atoms with Crippen molar-refractivity contribution < 1.29 is 18.9 Å². The van der Waals surface area contributed by atoms with Crippen molar-refractivity contribution in [2.24, 2.45) is 5.10 Å². The van der Waals surface area contributed by atoms with Gasteiger partial charge in [0, 0.05) is 30.8 Å². The fraction of sp³-hybridized carbons (Fsp3) is 0.316. The van der Waals surface area contributed by atoms with Crippen molar-refractivity contribution in [2.75, 3.05) is 13.1 Å². The Labute approximate surface area is 161 Å². The summed E-state index contributed by atoms with van der Waals surface area (Å²) in [5, 5.41) is 14.6. The molecule has 0 atom stereocenters. The summed E-state index contributed by atoms with van der Waals surface area (Å²) in [6.45, 7) is 1.17. The summed E-state index contributed by atoms with van der Waals surface area (Å²) in [5.74, 6) is -0.611. The first kappa shape index (κ1) is 19.3. The van der Waals surface area contributed by atoms with Crippen LogP contribution in [0.5, 0.6) is 0 Å². The third-order valence-electron chi connectivity index (χ3n) is 4.41. The second kappa shape index (κ2) is 8.94. The zero-order valence-electron chi connectivity index (χ0n) is 15.2. The van der Waals surface area contributed by atoms with Crippen LogP contribution < -0.4 is 5.43 Å². The van der Waals surface area contributed by atoms with Crippen molar-refractivity contribution in [1.82, 2.24) is 10.3 Å². The van der Waals surface area contributed by atoms with Gasteiger partial charge in [0.1, 0.15) is 11.5 Å². The number of carbonyl (C=O) groups is 2. The van der Waals surface area contributed by atoms with Crippen LogP contribution in [0.2, 0.25) is 0 Å². The van der Waals surface area contributed by atoms with Crippen molar-refractivity contribution in [3.8, 4) is 11.3 Å². The van der Waals surface area contributed by atoms with Crippen molar-refractivity contribution >= 4 is 23.7 Å². The maximum Gasteiger partial charge on any atom is 0.329 e. The molecule has 0 radical (unpaired) electrons. The van der Waals surface area contributed by atoms with Crippen LogP contribution in [0.25, 0.3) is 11.3 Å². The van der Waals surface area contributed by atoms with Gasteiger partial charge in [0.2, 0.25) is 0 Å². The average Bonchev–Trinajstić information content (AvgIpc) is 3.00. The van der Waals surface area contributed by atoms with Crippen LogP contribution >= 0.6 is 0 Å². The molecule has 0 saturated carbocycles. The number of hydrogen-bond donors (Lipinski definition) is 1. The molecule has 0 bridgehead atoms. The smallest absolute Gasteiger partial charge is 0.329 e. The average molecular weight is 384 g/mol. The van der Waals surface area contributed by atoms with Crippen LogP contribution in [0.15, 0.2) is 45.9 Å². The van der Waals surface area contributed by atoms with Crippen LogP contribution in [0.4, 0.5) is 5.69 Å². The van der Waals surface area contributed by atoms with E-state index < -0.39 is 16.7 Å². The first-order valence-electron chi connectivity index (χ1n) is 9.01. The molecule has 3 rings (SSSR count). The Morgan fingerprint density at radius 2 is 1.89 bits per heavy atom. The Morgan fingerprint density at radius 1 is 1.14 bits per heavy atom. The summed E-state index contributed by atoms with van der Waals surface area (Å²) in [5.41, 5.74) is 2.72. The molecule has 0 unspecified atom stereocenters. The van der Waals surface area contributed by atoms with Gasteiger partial charge in [0.05, 0.1) is 11.1 Å². The molecule has 1 aromatic heterocycles. The predicted octanol–water partition coefficient (Wildman–Crippen LogP) is 2.71. The largest absolute Gasteiger partial charge is 0.455 e. The van der Waals surface area contributed by atoms with E-state index in [4.69, 9.17) is 4.42 Å². The van der Waals surface area contributed by atoms with Crippen molar-refractivity contribution in [3.63, 3.8) is 0 Å². The second-order valence-electron chi connectivity index (χ2n) is 6.41. The Balaban J connectivity index is 1.59. The summed E-state index contributed by atoms with van der Waals surface area (Å²) in [4.78, 5) is 36.0. The number of nitrogens with zero attached hydrogens (tertiary/aromatic N) is 3. The maximum absolute atomic E-state index is 12.1. The van der Waals surface area contributed by atoms with Gasteiger partial charge in [-0.05, 0) is 25.0 Å². The van der Waals surface area contributed by atoms with Gasteiger partial charge in [0.25, 0.3) is 5.69 Å². The van der Waals surface area contributed by atoms with Gasteiger partial charge in [-0.15, -0.1) is 0 Å². The lowest BCUT2D eigenvalue weighted by molar-refractivity contribution is -0.384. The molecule has 1 aliphatic heterocycles. The van der Waals surface area contributed by atoms with E-state index in [1.54, 1.807) is 29.2 Å². The zero-order valence-corrected chi connectivity index (χ0v) is 15.2. The van der Waals surface area contributed by atoms with Gasteiger partial charge in [-0.25, -0.2) is 5.43 Å². The maximum atomic E-state index is 12.1. The number of nitrogens with one attached hydrogen (secondary N) is 1. The summed E-state index contributed by atoms with van der Waals surface area (Å²) in [6.07, 6.45) is 5.20. The molecule has 1 fully saturated rings. The topological polar surface area (TPSA) is 118 Å². The van der Waals surface area contributed by atoms with Gasteiger partial charge in [-0.2, -0.15) is 5.10 Å². The molecule has 146 valence electrons. The van der Waals surface area contributed by atoms with E-state index in [1.165, 1.54) is 18.3 Å². The van der Waals surface area contributed by atoms with E-state index in [2.05, 4.69) is 10.5 Å². The van der Waals surface area contributed by atoms with Gasteiger partial charge >= 0.3 is 11.8 Å². The molecule has 28 heavy (non-hydrogen) atoms. The molecule has 0 aliphatic carbocycles.